The topological polar surface area (TPSA) is 53.6 Å². The molecule has 0 radical (unpaired) electrons. The van der Waals surface area contributed by atoms with E-state index in [4.69, 9.17) is 17.0 Å². The molecule has 2 N–H and O–H groups in total. The largest absolute Gasteiger partial charge is 0.494 e. The number of hydrogen-bond donors (Lipinski definition) is 2. The van der Waals surface area contributed by atoms with Crippen LogP contribution in [0.2, 0.25) is 0 Å². The number of anilines is 1. The Morgan fingerprint density at radius 3 is 2.44 bits per heavy atom. The van der Waals surface area contributed by atoms with E-state index >= 15 is 0 Å². The molecule has 2 aromatic rings. The fourth-order valence-corrected chi connectivity index (χ4v) is 3.20. The predicted octanol–water partition coefficient (Wildman–Crippen LogP) is 3.69. The lowest BCUT2D eigenvalue weighted by Crippen LogP contribution is -2.27. The zero-order valence-electron chi connectivity index (χ0n) is 15.5. The first kappa shape index (κ1) is 19.2. The van der Waals surface area contributed by atoms with Crippen molar-refractivity contribution < 1.29 is 9.53 Å². The van der Waals surface area contributed by atoms with Crippen molar-refractivity contribution in [2.24, 2.45) is 0 Å². The molecular formula is C21H25N3O2S. The molecule has 1 fully saturated rings. The van der Waals surface area contributed by atoms with Crippen molar-refractivity contribution in [1.82, 2.24) is 10.2 Å². The molecule has 5 nitrogen and oxygen atoms in total. The van der Waals surface area contributed by atoms with E-state index in [9.17, 15) is 4.79 Å². The van der Waals surface area contributed by atoms with Crippen LogP contribution in [0, 0.1) is 0 Å². The molecule has 0 bridgehead atoms. The SMILES string of the molecule is CCOc1ccc(NC(=S)NCc2ccc(CN3CCCC3=O)cc2)cc1. The van der Waals surface area contributed by atoms with Crippen molar-refractivity contribution in [3.05, 3.63) is 59.7 Å². The van der Waals surface area contributed by atoms with E-state index in [2.05, 4.69) is 34.9 Å². The van der Waals surface area contributed by atoms with Gasteiger partial charge in [-0.3, -0.25) is 4.79 Å². The third-order valence-corrected chi connectivity index (χ3v) is 4.69. The number of thiocarbonyl (C=S) groups is 1. The molecule has 142 valence electrons. The molecule has 0 unspecified atom stereocenters. The summed E-state index contributed by atoms with van der Waals surface area (Å²) in [6.45, 7) is 4.83. The van der Waals surface area contributed by atoms with Crippen molar-refractivity contribution >= 4 is 28.9 Å². The first-order valence-electron chi connectivity index (χ1n) is 9.27. The first-order chi connectivity index (χ1) is 13.1. The third kappa shape index (κ3) is 5.69. The van der Waals surface area contributed by atoms with Crippen LogP contribution in [0.4, 0.5) is 5.69 Å². The van der Waals surface area contributed by atoms with Gasteiger partial charge in [0.05, 0.1) is 6.61 Å². The van der Waals surface area contributed by atoms with Crippen LogP contribution in [0.3, 0.4) is 0 Å². The normalized spacial score (nSPS) is 13.5. The van der Waals surface area contributed by atoms with E-state index in [1.807, 2.05) is 36.1 Å². The highest BCUT2D eigenvalue weighted by Gasteiger charge is 2.19. The van der Waals surface area contributed by atoms with Gasteiger partial charge in [0.2, 0.25) is 5.91 Å². The van der Waals surface area contributed by atoms with Gasteiger partial charge >= 0.3 is 0 Å². The second kappa shape index (κ2) is 9.37. The Kier molecular flexibility index (Phi) is 6.65. The summed E-state index contributed by atoms with van der Waals surface area (Å²) < 4.78 is 5.43. The van der Waals surface area contributed by atoms with Crippen molar-refractivity contribution in [2.45, 2.75) is 32.9 Å². The van der Waals surface area contributed by atoms with Crippen molar-refractivity contribution in [3.63, 3.8) is 0 Å². The summed E-state index contributed by atoms with van der Waals surface area (Å²) in [7, 11) is 0. The van der Waals surface area contributed by atoms with Crippen LogP contribution < -0.4 is 15.4 Å². The highest BCUT2D eigenvalue weighted by atomic mass is 32.1. The standard InChI is InChI=1S/C21H25N3O2S/c1-2-26-19-11-9-18(10-12-19)23-21(27)22-14-16-5-7-17(8-6-16)15-24-13-3-4-20(24)25/h5-12H,2-4,13-15H2,1H3,(H2,22,23,27). The van der Waals surface area contributed by atoms with E-state index in [-0.39, 0.29) is 5.91 Å². The van der Waals surface area contributed by atoms with Crippen molar-refractivity contribution in [2.75, 3.05) is 18.5 Å². The van der Waals surface area contributed by atoms with Gasteiger partial charge in [-0.1, -0.05) is 24.3 Å². The molecule has 1 amide bonds. The number of carbonyl (C=O) groups excluding carboxylic acids is 1. The summed E-state index contributed by atoms with van der Waals surface area (Å²) >= 11 is 5.36. The smallest absolute Gasteiger partial charge is 0.222 e. The molecule has 1 heterocycles. The Bertz CT molecular complexity index is 775. The third-order valence-electron chi connectivity index (χ3n) is 4.44. The maximum atomic E-state index is 11.7. The van der Waals surface area contributed by atoms with Crippen LogP contribution in [-0.2, 0) is 17.9 Å². The monoisotopic (exact) mass is 383 g/mol. The summed E-state index contributed by atoms with van der Waals surface area (Å²) in [4.78, 5) is 13.6. The highest BCUT2D eigenvalue weighted by molar-refractivity contribution is 7.80. The van der Waals surface area contributed by atoms with Gasteiger partial charge < -0.3 is 20.3 Å². The van der Waals surface area contributed by atoms with Crippen molar-refractivity contribution in [1.29, 1.82) is 0 Å². The van der Waals surface area contributed by atoms with Gasteiger partial charge in [0.15, 0.2) is 5.11 Å². The predicted molar refractivity (Wildman–Crippen MR) is 112 cm³/mol. The number of rotatable bonds is 7. The van der Waals surface area contributed by atoms with Crippen LogP contribution in [0.25, 0.3) is 0 Å². The van der Waals surface area contributed by atoms with Crippen LogP contribution in [0.5, 0.6) is 5.75 Å². The van der Waals surface area contributed by atoms with Crippen LogP contribution >= 0.6 is 12.2 Å². The molecule has 0 atom stereocenters. The lowest BCUT2D eigenvalue weighted by Gasteiger charge is -2.16. The van der Waals surface area contributed by atoms with Gasteiger partial charge in [0.1, 0.15) is 5.75 Å². The summed E-state index contributed by atoms with van der Waals surface area (Å²) in [5.74, 6) is 1.10. The Morgan fingerprint density at radius 2 is 1.81 bits per heavy atom. The summed E-state index contributed by atoms with van der Waals surface area (Å²) in [5.41, 5.74) is 3.22. The average molecular weight is 384 g/mol. The number of benzene rings is 2. The van der Waals surface area contributed by atoms with Gasteiger partial charge in [0, 0.05) is 31.7 Å². The second-order valence-corrected chi connectivity index (χ2v) is 6.91. The molecular weight excluding hydrogens is 358 g/mol. The zero-order valence-corrected chi connectivity index (χ0v) is 16.3. The number of nitrogens with one attached hydrogen (secondary N) is 2. The molecule has 0 aliphatic carbocycles. The summed E-state index contributed by atoms with van der Waals surface area (Å²) in [5, 5.41) is 6.95. The maximum Gasteiger partial charge on any atom is 0.222 e. The fraction of sp³-hybridized carbons (Fsp3) is 0.333. The first-order valence-corrected chi connectivity index (χ1v) is 9.68. The number of likely N-dealkylation sites (tertiary alicyclic amines) is 1. The Labute approximate surface area is 165 Å². The van der Waals surface area contributed by atoms with E-state index < -0.39 is 0 Å². The van der Waals surface area contributed by atoms with Gasteiger partial charge in [-0.25, -0.2) is 0 Å². The number of amides is 1. The molecule has 2 aromatic carbocycles. The van der Waals surface area contributed by atoms with Crippen LogP contribution in [-0.4, -0.2) is 29.1 Å². The molecule has 1 saturated heterocycles. The van der Waals surface area contributed by atoms with E-state index in [0.717, 1.165) is 35.5 Å². The molecule has 1 aliphatic heterocycles. The van der Waals surface area contributed by atoms with Gasteiger partial charge in [-0.05, 0) is 61.0 Å². The van der Waals surface area contributed by atoms with E-state index in [0.29, 0.717) is 31.2 Å². The number of carbonyl (C=O) groups is 1. The Morgan fingerprint density at radius 1 is 1.11 bits per heavy atom. The zero-order chi connectivity index (χ0) is 19.1. The van der Waals surface area contributed by atoms with E-state index in [1.54, 1.807) is 0 Å². The van der Waals surface area contributed by atoms with Gasteiger partial charge in [-0.15, -0.1) is 0 Å². The molecule has 27 heavy (non-hydrogen) atoms. The highest BCUT2D eigenvalue weighted by Crippen LogP contribution is 2.16. The minimum atomic E-state index is 0.256. The van der Waals surface area contributed by atoms with Crippen molar-refractivity contribution in [3.8, 4) is 5.75 Å². The van der Waals surface area contributed by atoms with E-state index in [1.165, 1.54) is 0 Å². The van der Waals surface area contributed by atoms with Gasteiger partial charge in [0.25, 0.3) is 0 Å². The Hall–Kier alpha value is -2.60. The quantitative estimate of drug-likeness (QED) is 0.714. The lowest BCUT2D eigenvalue weighted by atomic mass is 10.1. The minimum Gasteiger partial charge on any atom is -0.494 e. The Balaban J connectivity index is 1.45. The number of nitrogens with zero attached hydrogens (tertiary/aromatic N) is 1. The summed E-state index contributed by atoms with van der Waals surface area (Å²) in [6, 6.07) is 16.0. The number of hydrogen-bond acceptors (Lipinski definition) is 3. The second-order valence-electron chi connectivity index (χ2n) is 6.50. The van der Waals surface area contributed by atoms with Crippen LogP contribution in [0.15, 0.2) is 48.5 Å². The average Bonchev–Trinajstić information content (AvgIpc) is 3.08. The molecule has 0 aromatic heterocycles. The molecule has 1 aliphatic rings. The minimum absolute atomic E-state index is 0.256. The van der Waals surface area contributed by atoms with Crippen LogP contribution in [0.1, 0.15) is 30.9 Å². The molecule has 0 saturated carbocycles. The number of ether oxygens (including phenoxy) is 1. The molecule has 3 rings (SSSR count). The van der Waals surface area contributed by atoms with Gasteiger partial charge in [-0.2, -0.15) is 0 Å². The fourth-order valence-electron chi connectivity index (χ4n) is 3.01. The molecule has 6 heteroatoms. The summed E-state index contributed by atoms with van der Waals surface area (Å²) in [6.07, 6.45) is 1.65. The molecule has 0 spiro atoms. The lowest BCUT2D eigenvalue weighted by molar-refractivity contribution is -0.128. The maximum absolute atomic E-state index is 11.7.